The standard InChI is InChI=1S/C13H15F3O3/c1-11(2)13(17-3,19-11)18-8-9-4-6-10(7-5-9)12(14,15)16/h4-7H,8H2,1-3H3. The fourth-order valence-corrected chi connectivity index (χ4v) is 1.83. The molecule has 0 radical (unpaired) electrons. The Balaban J connectivity index is 1.98. The second-order valence-corrected chi connectivity index (χ2v) is 4.86. The minimum atomic E-state index is -4.32. The first-order valence-electron chi connectivity index (χ1n) is 5.76. The smallest absolute Gasteiger partial charge is 0.329 e. The first-order valence-corrected chi connectivity index (χ1v) is 5.76. The van der Waals surface area contributed by atoms with Gasteiger partial charge in [-0.15, -0.1) is 0 Å². The summed E-state index contributed by atoms with van der Waals surface area (Å²) in [5, 5.41) is 0. The summed E-state index contributed by atoms with van der Waals surface area (Å²) in [5.41, 5.74) is -0.607. The molecule has 1 unspecified atom stereocenters. The van der Waals surface area contributed by atoms with E-state index in [9.17, 15) is 13.2 Å². The summed E-state index contributed by atoms with van der Waals surface area (Å²) in [5.74, 6) is -1.10. The van der Waals surface area contributed by atoms with Crippen LogP contribution >= 0.6 is 0 Å². The molecule has 0 bridgehead atoms. The van der Waals surface area contributed by atoms with Crippen LogP contribution in [0.5, 0.6) is 0 Å². The molecule has 19 heavy (non-hydrogen) atoms. The average Bonchev–Trinajstić information content (AvgIpc) is 2.89. The van der Waals surface area contributed by atoms with Gasteiger partial charge < -0.3 is 14.2 Å². The summed E-state index contributed by atoms with van der Waals surface area (Å²) >= 11 is 0. The zero-order valence-electron chi connectivity index (χ0n) is 10.9. The predicted octanol–water partition coefficient (Wildman–Crippen LogP) is 3.33. The largest absolute Gasteiger partial charge is 0.416 e. The van der Waals surface area contributed by atoms with Gasteiger partial charge in [-0.05, 0) is 31.5 Å². The molecule has 0 N–H and O–H groups in total. The molecule has 0 aromatic heterocycles. The van der Waals surface area contributed by atoms with Crippen molar-refractivity contribution >= 4 is 0 Å². The molecular weight excluding hydrogens is 261 g/mol. The highest BCUT2D eigenvalue weighted by molar-refractivity contribution is 5.24. The minimum Gasteiger partial charge on any atom is -0.329 e. The molecule has 3 nitrogen and oxygen atoms in total. The molecule has 1 saturated heterocycles. The SMILES string of the molecule is COC1(OCc2ccc(C(F)(F)F)cc2)OC1(C)C. The molecule has 1 fully saturated rings. The summed E-state index contributed by atoms with van der Waals surface area (Å²) in [7, 11) is 1.46. The Kier molecular flexibility index (Phi) is 3.36. The minimum absolute atomic E-state index is 0.120. The van der Waals surface area contributed by atoms with E-state index in [4.69, 9.17) is 14.2 Å². The summed E-state index contributed by atoms with van der Waals surface area (Å²) in [4.78, 5) is 0. The van der Waals surface area contributed by atoms with Crippen molar-refractivity contribution in [2.24, 2.45) is 0 Å². The lowest BCUT2D eigenvalue weighted by Gasteiger charge is -2.14. The second kappa shape index (κ2) is 4.47. The molecule has 1 aromatic carbocycles. The fraction of sp³-hybridized carbons (Fsp3) is 0.538. The van der Waals surface area contributed by atoms with Crippen LogP contribution in [0.25, 0.3) is 0 Å². The number of ether oxygens (including phenoxy) is 3. The Morgan fingerprint density at radius 1 is 1.16 bits per heavy atom. The van der Waals surface area contributed by atoms with Gasteiger partial charge >= 0.3 is 12.1 Å². The van der Waals surface area contributed by atoms with E-state index >= 15 is 0 Å². The molecule has 2 rings (SSSR count). The van der Waals surface area contributed by atoms with E-state index < -0.39 is 23.3 Å². The van der Waals surface area contributed by atoms with Crippen molar-refractivity contribution in [1.82, 2.24) is 0 Å². The zero-order chi connectivity index (χ0) is 14.3. The summed E-state index contributed by atoms with van der Waals surface area (Å²) in [6, 6.07) is 4.80. The number of halogens is 3. The molecule has 6 heteroatoms. The van der Waals surface area contributed by atoms with Gasteiger partial charge in [-0.3, -0.25) is 0 Å². The Morgan fingerprint density at radius 2 is 1.68 bits per heavy atom. The number of alkyl halides is 3. The van der Waals surface area contributed by atoms with Crippen LogP contribution in [-0.2, 0) is 27.0 Å². The number of rotatable bonds is 4. The lowest BCUT2D eigenvalue weighted by molar-refractivity contribution is -0.221. The summed E-state index contributed by atoms with van der Waals surface area (Å²) in [6.07, 6.45) is -4.32. The maximum atomic E-state index is 12.4. The molecule has 1 heterocycles. The van der Waals surface area contributed by atoms with Crippen LogP contribution in [-0.4, -0.2) is 18.7 Å². The number of hydrogen-bond donors (Lipinski definition) is 0. The highest BCUT2D eigenvalue weighted by atomic mass is 19.4. The normalized spacial score (nSPS) is 25.4. The number of benzene rings is 1. The Hall–Kier alpha value is -1.11. The van der Waals surface area contributed by atoms with E-state index in [1.165, 1.54) is 19.2 Å². The zero-order valence-corrected chi connectivity index (χ0v) is 10.9. The van der Waals surface area contributed by atoms with Gasteiger partial charge in [0.1, 0.15) is 5.60 Å². The molecule has 106 valence electrons. The first-order chi connectivity index (χ1) is 8.70. The van der Waals surface area contributed by atoms with Crippen molar-refractivity contribution in [3.05, 3.63) is 35.4 Å². The van der Waals surface area contributed by atoms with Crippen LogP contribution < -0.4 is 0 Å². The highest BCUT2D eigenvalue weighted by Gasteiger charge is 2.67. The van der Waals surface area contributed by atoms with Crippen LogP contribution in [0.4, 0.5) is 13.2 Å². The van der Waals surface area contributed by atoms with Crippen molar-refractivity contribution in [1.29, 1.82) is 0 Å². The van der Waals surface area contributed by atoms with Gasteiger partial charge in [-0.1, -0.05) is 12.1 Å². The van der Waals surface area contributed by atoms with Crippen molar-refractivity contribution in [2.45, 2.75) is 38.2 Å². The van der Waals surface area contributed by atoms with Crippen LogP contribution in [0.1, 0.15) is 25.0 Å². The Morgan fingerprint density at radius 3 is 2.05 bits per heavy atom. The first kappa shape index (κ1) is 14.3. The molecule has 1 aliphatic heterocycles. The lowest BCUT2D eigenvalue weighted by Crippen LogP contribution is -2.26. The van der Waals surface area contributed by atoms with Gasteiger partial charge in [0.05, 0.1) is 12.2 Å². The fourth-order valence-electron chi connectivity index (χ4n) is 1.83. The summed E-state index contributed by atoms with van der Waals surface area (Å²) < 4.78 is 53.1. The average molecular weight is 276 g/mol. The van der Waals surface area contributed by atoms with Crippen molar-refractivity contribution < 1.29 is 27.4 Å². The van der Waals surface area contributed by atoms with Gasteiger partial charge in [0, 0.05) is 7.11 Å². The quantitative estimate of drug-likeness (QED) is 0.624. The van der Waals surface area contributed by atoms with Crippen molar-refractivity contribution in [3.8, 4) is 0 Å². The van der Waals surface area contributed by atoms with Crippen LogP contribution in [0.15, 0.2) is 24.3 Å². The van der Waals surface area contributed by atoms with E-state index in [0.717, 1.165) is 12.1 Å². The maximum Gasteiger partial charge on any atom is 0.416 e. The van der Waals surface area contributed by atoms with E-state index in [-0.39, 0.29) is 6.61 Å². The Bertz CT molecular complexity index is 453. The maximum absolute atomic E-state index is 12.4. The molecule has 1 aliphatic rings. The van der Waals surface area contributed by atoms with Gasteiger partial charge in [0.2, 0.25) is 0 Å². The molecule has 1 atom stereocenters. The topological polar surface area (TPSA) is 31.0 Å². The van der Waals surface area contributed by atoms with Crippen LogP contribution in [0, 0.1) is 0 Å². The third-order valence-electron chi connectivity index (χ3n) is 3.06. The van der Waals surface area contributed by atoms with E-state index in [1.54, 1.807) is 0 Å². The molecule has 0 spiro atoms. The highest BCUT2D eigenvalue weighted by Crippen LogP contribution is 2.49. The van der Waals surface area contributed by atoms with Crippen LogP contribution in [0.3, 0.4) is 0 Å². The van der Waals surface area contributed by atoms with E-state index in [2.05, 4.69) is 0 Å². The third kappa shape index (κ3) is 2.75. The molecule has 0 amide bonds. The van der Waals surface area contributed by atoms with E-state index in [0.29, 0.717) is 5.56 Å². The monoisotopic (exact) mass is 276 g/mol. The molecule has 1 aromatic rings. The van der Waals surface area contributed by atoms with Crippen LogP contribution in [0.2, 0.25) is 0 Å². The second-order valence-electron chi connectivity index (χ2n) is 4.86. The van der Waals surface area contributed by atoms with E-state index in [1.807, 2.05) is 13.8 Å². The lowest BCUT2D eigenvalue weighted by atomic mass is 10.1. The molecule has 0 aliphatic carbocycles. The number of epoxide rings is 1. The number of hydrogen-bond acceptors (Lipinski definition) is 3. The van der Waals surface area contributed by atoms with Crippen molar-refractivity contribution in [3.63, 3.8) is 0 Å². The van der Waals surface area contributed by atoms with Gasteiger partial charge in [-0.25, -0.2) is 0 Å². The van der Waals surface area contributed by atoms with Gasteiger partial charge in [0.25, 0.3) is 0 Å². The molecular formula is C13H15F3O3. The van der Waals surface area contributed by atoms with Gasteiger partial charge in [-0.2, -0.15) is 13.2 Å². The summed E-state index contributed by atoms with van der Waals surface area (Å²) in [6.45, 7) is 3.74. The van der Waals surface area contributed by atoms with Gasteiger partial charge in [0.15, 0.2) is 0 Å². The third-order valence-corrected chi connectivity index (χ3v) is 3.06. The predicted molar refractivity (Wildman–Crippen MR) is 61.1 cm³/mol. The Labute approximate surface area is 109 Å². The van der Waals surface area contributed by atoms with Crippen molar-refractivity contribution in [2.75, 3.05) is 7.11 Å². The molecule has 0 saturated carbocycles. The number of methoxy groups -OCH3 is 1.